The number of furan rings is 1. The summed E-state index contributed by atoms with van der Waals surface area (Å²) in [6.45, 7) is 3.00. The number of carbonyl (C=O) groups is 1. The summed E-state index contributed by atoms with van der Waals surface area (Å²) >= 11 is 0. The van der Waals surface area contributed by atoms with Crippen LogP contribution in [0.5, 0.6) is 0 Å². The molecular weight excluding hydrogens is 350 g/mol. The van der Waals surface area contributed by atoms with Crippen molar-refractivity contribution in [2.24, 2.45) is 0 Å². The minimum absolute atomic E-state index is 0.133. The first-order chi connectivity index (χ1) is 13.8. The van der Waals surface area contributed by atoms with Gasteiger partial charge >= 0.3 is 6.03 Å². The van der Waals surface area contributed by atoms with Gasteiger partial charge in [0.1, 0.15) is 5.76 Å². The second-order valence-corrected chi connectivity index (χ2v) is 7.06. The van der Waals surface area contributed by atoms with Gasteiger partial charge in [-0.05, 0) is 42.7 Å². The first-order valence-electron chi connectivity index (χ1n) is 9.76. The molecule has 1 fully saturated rings. The van der Waals surface area contributed by atoms with Gasteiger partial charge in [0, 0.05) is 19.6 Å². The summed E-state index contributed by atoms with van der Waals surface area (Å²) in [7, 11) is 0. The van der Waals surface area contributed by atoms with Crippen molar-refractivity contribution in [1.29, 1.82) is 0 Å². The number of amides is 2. The third kappa shape index (κ3) is 4.36. The molecule has 0 saturated carbocycles. The van der Waals surface area contributed by atoms with E-state index in [1.54, 1.807) is 11.2 Å². The van der Waals surface area contributed by atoms with Gasteiger partial charge in [-0.15, -0.1) is 0 Å². The van der Waals surface area contributed by atoms with Crippen LogP contribution in [0.1, 0.15) is 24.2 Å². The third-order valence-electron chi connectivity index (χ3n) is 5.02. The zero-order valence-corrected chi connectivity index (χ0v) is 15.9. The molecule has 1 aliphatic heterocycles. The lowest BCUT2D eigenvalue weighted by molar-refractivity contribution is 0.201. The Bertz CT molecular complexity index is 887. The minimum atomic E-state index is -0.133. The number of nitrogens with zero attached hydrogens (tertiary/aromatic N) is 2. The zero-order chi connectivity index (χ0) is 19.2. The summed E-state index contributed by atoms with van der Waals surface area (Å²) in [5.41, 5.74) is 3.02. The van der Waals surface area contributed by atoms with Crippen molar-refractivity contribution >= 4 is 17.4 Å². The van der Waals surface area contributed by atoms with Gasteiger partial charge in [0.2, 0.25) is 0 Å². The van der Waals surface area contributed by atoms with Gasteiger partial charge in [0.15, 0.2) is 0 Å². The average Bonchev–Trinajstić information content (AvgIpc) is 3.43. The summed E-state index contributed by atoms with van der Waals surface area (Å²) in [6.07, 6.45) is 4.03. The van der Waals surface area contributed by atoms with Crippen molar-refractivity contribution in [3.05, 3.63) is 84.3 Å². The summed E-state index contributed by atoms with van der Waals surface area (Å²) in [4.78, 5) is 17.3. The molecular formula is C23H25N3O2. The Morgan fingerprint density at radius 2 is 1.68 bits per heavy atom. The number of benzene rings is 2. The number of rotatable bonds is 6. The second kappa shape index (κ2) is 8.65. The Hall–Kier alpha value is -3.21. The molecule has 1 N–H and O–H groups in total. The fourth-order valence-electron chi connectivity index (χ4n) is 3.60. The average molecular weight is 375 g/mol. The Labute approximate surface area is 165 Å². The lowest BCUT2D eigenvalue weighted by Gasteiger charge is -2.25. The molecule has 0 spiro atoms. The molecule has 28 heavy (non-hydrogen) atoms. The maximum Gasteiger partial charge on any atom is 0.322 e. The molecule has 0 bridgehead atoms. The molecule has 2 aromatic carbocycles. The normalized spacial score (nSPS) is 13.5. The smallest absolute Gasteiger partial charge is 0.322 e. The molecule has 5 heteroatoms. The molecule has 0 radical (unpaired) electrons. The van der Waals surface area contributed by atoms with Crippen LogP contribution in [0.25, 0.3) is 0 Å². The van der Waals surface area contributed by atoms with Crippen LogP contribution in [0, 0.1) is 0 Å². The minimum Gasteiger partial charge on any atom is -0.467 e. The van der Waals surface area contributed by atoms with E-state index in [4.69, 9.17) is 4.42 Å². The predicted molar refractivity (Wildman–Crippen MR) is 111 cm³/mol. The van der Waals surface area contributed by atoms with E-state index in [1.807, 2.05) is 60.7 Å². The van der Waals surface area contributed by atoms with Crippen LogP contribution in [0.2, 0.25) is 0 Å². The van der Waals surface area contributed by atoms with Gasteiger partial charge in [0.25, 0.3) is 0 Å². The van der Waals surface area contributed by atoms with Gasteiger partial charge in [0.05, 0.1) is 24.2 Å². The van der Waals surface area contributed by atoms with Crippen molar-refractivity contribution in [2.45, 2.75) is 25.9 Å². The van der Waals surface area contributed by atoms with Crippen LogP contribution in [-0.2, 0) is 13.1 Å². The standard InChI is InChI=1S/C23H25N3O2/c27-23(24-21-12-4-5-13-22(21)25-14-6-7-15-25)26(18-20-11-8-16-28-20)17-19-9-2-1-3-10-19/h1-5,8-13,16H,6-7,14-15,17-18H2,(H,24,27). The van der Waals surface area contributed by atoms with Crippen LogP contribution in [0.3, 0.4) is 0 Å². The SMILES string of the molecule is O=C(Nc1ccccc1N1CCCC1)N(Cc1ccccc1)Cc1ccco1. The second-order valence-electron chi connectivity index (χ2n) is 7.06. The van der Waals surface area contributed by atoms with E-state index >= 15 is 0 Å². The van der Waals surface area contributed by atoms with Gasteiger partial charge in [-0.1, -0.05) is 42.5 Å². The fraction of sp³-hybridized carbons (Fsp3) is 0.261. The molecule has 2 heterocycles. The van der Waals surface area contributed by atoms with Crippen LogP contribution in [0.15, 0.2) is 77.4 Å². The van der Waals surface area contributed by atoms with E-state index in [9.17, 15) is 4.79 Å². The Morgan fingerprint density at radius 3 is 2.43 bits per heavy atom. The van der Waals surface area contributed by atoms with Crippen LogP contribution in [-0.4, -0.2) is 24.0 Å². The number of urea groups is 1. The summed E-state index contributed by atoms with van der Waals surface area (Å²) in [5, 5.41) is 3.12. The number of nitrogens with one attached hydrogen (secondary N) is 1. The van der Waals surface area contributed by atoms with Crippen molar-refractivity contribution in [1.82, 2.24) is 4.90 Å². The maximum atomic E-state index is 13.2. The van der Waals surface area contributed by atoms with Gasteiger partial charge in [-0.2, -0.15) is 0 Å². The molecule has 3 aromatic rings. The van der Waals surface area contributed by atoms with E-state index in [1.165, 1.54) is 12.8 Å². The van der Waals surface area contributed by atoms with E-state index in [2.05, 4.69) is 16.3 Å². The molecule has 1 aliphatic rings. The molecule has 4 rings (SSSR count). The first kappa shape index (κ1) is 18.2. The van der Waals surface area contributed by atoms with Gasteiger partial charge in [-0.25, -0.2) is 4.79 Å². The lowest BCUT2D eigenvalue weighted by atomic mass is 10.2. The number of anilines is 2. The van der Waals surface area contributed by atoms with Crippen LogP contribution < -0.4 is 10.2 Å². The van der Waals surface area contributed by atoms with Crippen molar-refractivity contribution in [2.75, 3.05) is 23.3 Å². The fourth-order valence-corrected chi connectivity index (χ4v) is 3.60. The number of carbonyl (C=O) groups excluding carboxylic acids is 1. The highest BCUT2D eigenvalue weighted by atomic mass is 16.3. The van der Waals surface area contributed by atoms with Gasteiger partial charge in [-0.3, -0.25) is 0 Å². The monoisotopic (exact) mass is 375 g/mol. The number of hydrogen-bond donors (Lipinski definition) is 1. The summed E-state index contributed by atoms with van der Waals surface area (Å²) in [5.74, 6) is 0.763. The summed E-state index contributed by atoms with van der Waals surface area (Å²) < 4.78 is 5.48. The first-order valence-corrected chi connectivity index (χ1v) is 9.76. The molecule has 1 saturated heterocycles. The zero-order valence-electron chi connectivity index (χ0n) is 15.9. The van der Waals surface area contributed by atoms with E-state index < -0.39 is 0 Å². The Morgan fingerprint density at radius 1 is 0.929 bits per heavy atom. The van der Waals surface area contributed by atoms with Crippen molar-refractivity contribution < 1.29 is 9.21 Å². The van der Waals surface area contributed by atoms with E-state index in [-0.39, 0.29) is 6.03 Å². The number of para-hydroxylation sites is 2. The molecule has 2 amide bonds. The maximum absolute atomic E-state index is 13.2. The molecule has 144 valence electrons. The van der Waals surface area contributed by atoms with Gasteiger partial charge < -0.3 is 19.5 Å². The Kier molecular flexibility index (Phi) is 5.61. The van der Waals surface area contributed by atoms with Crippen LogP contribution in [0.4, 0.5) is 16.2 Å². The highest BCUT2D eigenvalue weighted by molar-refractivity contribution is 5.93. The lowest BCUT2D eigenvalue weighted by Crippen LogP contribution is -2.34. The van der Waals surface area contributed by atoms with Crippen molar-refractivity contribution in [3.8, 4) is 0 Å². The predicted octanol–water partition coefficient (Wildman–Crippen LogP) is 5.11. The molecule has 0 aliphatic carbocycles. The van der Waals surface area contributed by atoms with Crippen molar-refractivity contribution in [3.63, 3.8) is 0 Å². The molecule has 0 unspecified atom stereocenters. The Balaban J connectivity index is 1.54. The van der Waals surface area contributed by atoms with Crippen LogP contribution >= 0.6 is 0 Å². The van der Waals surface area contributed by atoms with E-state index in [0.29, 0.717) is 13.1 Å². The molecule has 0 atom stereocenters. The largest absolute Gasteiger partial charge is 0.467 e. The third-order valence-corrected chi connectivity index (χ3v) is 5.02. The summed E-state index contributed by atoms with van der Waals surface area (Å²) in [6, 6.07) is 21.6. The topological polar surface area (TPSA) is 48.7 Å². The highest BCUT2D eigenvalue weighted by Crippen LogP contribution is 2.29. The molecule has 1 aromatic heterocycles. The molecule has 5 nitrogen and oxygen atoms in total. The number of hydrogen-bond acceptors (Lipinski definition) is 3. The highest BCUT2D eigenvalue weighted by Gasteiger charge is 2.20. The quantitative estimate of drug-likeness (QED) is 0.651. The van der Waals surface area contributed by atoms with E-state index in [0.717, 1.165) is 35.8 Å².